The van der Waals surface area contributed by atoms with Crippen LogP contribution in [-0.4, -0.2) is 5.91 Å². The summed E-state index contributed by atoms with van der Waals surface area (Å²) < 4.78 is 0. The molecular formula is C15H13Cl2NO. The molecule has 2 aromatic carbocycles. The van der Waals surface area contributed by atoms with E-state index in [1.54, 1.807) is 6.07 Å². The van der Waals surface area contributed by atoms with Crippen LogP contribution < -0.4 is 5.32 Å². The fourth-order valence-corrected chi connectivity index (χ4v) is 2.22. The smallest absolute Gasteiger partial charge is 0.257 e. The summed E-state index contributed by atoms with van der Waals surface area (Å²) in [6.45, 7) is 1.87. The molecule has 1 N–H and O–H groups in total. The van der Waals surface area contributed by atoms with Crippen LogP contribution in [0.1, 0.15) is 21.5 Å². The maximum absolute atomic E-state index is 12.2. The summed E-state index contributed by atoms with van der Waals surface area (Å²) in [7, 11) is 0. The molecule has 2 nitrogen and oxygen atoms in total. The molecule has 0 aliphatic carbocycles. The van der Waals surface area contributed by atoms with Gasteiger partial charge in [-0.25, -0.2) is 0 Å². The number of benzene rings is 2. The molecule has 0 heterocycles. The zero-order chi connectivity index (χ0) is 13.8. The lowest BCUT2D eigenvalue weighted by Gasteiger charge is -2.10. The lowest BCUT2D eigenvalue weighted by atomic mass is 10.1. The number of halogens is 2. The first-order chi connectivity index (χ1) is 9.13. The van der Waals surface area contributed by atoms with Crippen LogP contribution in [0.15, 0.2) is 42.5 Å². The van der Waals surface area contributed by atoms with Crippen molar-refractivity contribution < 1.29 is 4.79 Å². The third-order valence-corrected chi connectivity index (χ3v) is 3.64. The normalized spacial score (nSPS) is 10.3. The number of hydrogen-bond acceptors (Lipinski definition) is 1. The van der Waals surface area contributed by atoms with E-state index in [9.17, 15) is 4.79 Å². The highest BCUT2D eigenvalue weighted by Gasteiger charge is 2.13. The average molecular weight is 294 g/mol. The van der Waals surface area contributed by atoms with Crippen LogP contribution in [0.4, 0.5) is 5.69 Å². The zero-order valence-corrected chi connectivity index (χ0v) is 11.9. The maximum Gasteiger partial charge on any atom is 0.257 e. The zero-order valence-electron chi connectivity index (χ0n) is 10.4. The molecule has 1 amide bonds. The highest BCUT2D eigenvalue weighted by molar-refractivity contribution is 6.35. The predicted molar refractivity (Wildman–Crippen MR) is 80.1 cm³/mol. The fourth-order valence-electron chi connectivity index (χ4n) is 1.77. The molecule has 98 valence electrons. The molecule has 0 aromatic heterocycles. The number of nitrogens with one attached hydrogen (secondary N) is 1. The van der Waals surface area contributed by atoms with Gasteiger partial charge in [-0.3, -0.25) is 4.79 Å². The largest absolute Gasteiger partial charge is 0.322 e. The van der Waals surface area contributed by atoms with Crippen molar-refractivity contribution in [1.29, 1.82) is 0 Å². The Labute approximate surface area is 122 Å². The number of carbonyl (C=O) groups is 1. The number of amides is 1. The minimum absolute atomic E-state index is 0.230. The Morgan fingerprint density at radius 2 is 1.89 bits per heavy atom. The second kappa shape index (κ2) is 6.09. The van der Waals surface area contributed by atoms with Crippen molar-refractivity contribution in [1.82, 2.24) is 0 Å². The highest BCUT2D eigenvalue weighted by Crippen LogP contribution is 2.23. The molecular weight excluding hydrogens is 281 g/mol. The van der Waals surface area contributed by atoms with E-state index in [0.717, 1.165) is 11.1 Å². The van der Waals surface area contributed by atoms with Gasteiger partial charge in [0.1, 0.15) is 0 Å². The Morgan fingerprint density at radius 1 is 1.16 bits per heavy atom. The summed E-state index contributed by atoms with van der Waals surface area (Å²) in [4.78, 5) is 12.2. The standard InChI is InChI=1S/C15H13Cl2NO/c1-10-5-4-7-12(14(10)17)15(19)18-13-8-3-2-6-11(13)9-16/h2-8H,9H2,1H3,(H,18,19). The van der Waals surface area contributed by atoms with E-state index in [1.807, 2.05) is 43.3 Å². The molecule has 0 fully saturated rings. The van der Waals surface area contributed by atoms with E-state index < -0.39 is 0 Å². The van der Waals surface area contributed by atoms with Crippen LogP contribution in [0.5, 0.6) is 0 Å². The SMILES string of the molecule is Cc1cccc(C(=O)Nc2ccccc2CCl)c1Cl. The predicted octanol–water partition coefficient (Wildman–Crippen LogP) is 4.64. The van der Waals surface area contributed by atoms with Gasteiger partial charge in [0, 0.05) is 11.6 Å². The van der Waals surface area contributed by atoms with E-state index in [2.05, 4.69) is 5.32 Å². The molecule has 0 aliphatic rings. The Balaban J connectivity index is 2.28. The summed E-state index contributed by atoms with van der Waals surface area (Å²) in [5, 5.41) is 3.31. The number of hydrogen-bond donors (Lipinski definition) is 1. The minimum Gasteiger partial charge on any atom is -0.322 e. The second-order valence-corrected chi connectivity index (χ2v) is 4.83. The van der Waals surface area contributed by atoms with Gasteiger partial charge in [0.2, 0.25) is 0 Å². The van der Waals surface area contributed by atoms with Crippen LogP contribution >= 0.6 is 23.2 Å². The number of anilines is 1. The Bertz CT molecular complexity index is 611. The molecule has 0 bridgehead atoms. The van der Waals surface area contributed by atoms with Crippen molar-refractivity contribution in [3.63, 3.8) is 0 Å². The van der Waals surface area contributed by atoms with Gasteiger partial charge in [-0.1, -0.05) is 41.9 Å². The molecule has 0 saturated heterocycles. The van der Waals surface area contributed by atoms with E-state index in [1.165, 1.54) is 0 Å². The van der Waals surface area contributed by atoms with Crippen molar-refractivity contribution in [3.05, 3.63) is 64.2 Å². The van der Waals surface area contributed by atoms with Crippen LogP contribution in [0.25, 0.3) is 0 Å². The van der Waals surface area contributed by atoms with Crippen molar-refractivity contribution >= 4 is 34.8 Å². The molecule has 0 saturated carbocycles. The third-order valence-electron chi connectivity index (χ3n) is 2.85. The molecule has 19 heavy (non-hydrogen) atoms. The van der Waals surface area contributed by atoms with Crippen molar-refractivity contribution in [2.75, 3.05) is 5.32 Å². The van der Waals surface area contributed by atoms with Gasteiger partial charge >= 0.3 is 0 Å². The molecule has 0 spiro atoms. The van der Waals surface area contributed by atoms with E-state index in [-0.39, 0.29) is 5.91 Å². The number of alkyl halides is 1. The topological polar surface area (TPSA) is 29.1 Å². The molecule has 0 radical (unpaired) electrons. The second-order valence-electron chi connectivity index (χ2n) is 4.18. The van der Waals surface area contributed by atoms with Crippen molar-refractivity contribution in [3.8, 4) is 0 Å². The lowest BCUT2D eigenvalue weighted by Crippen LogP contribution is -2.13. The first-order valence-electron chi connectivity index (χ1n) is 5.84. The Hall–Kier alpha value is -1.51. The molecule has 0 unspecified atom stereocenters. The van der Waals surface area contributed by atoms with Gasteiger partial charge in [-0.2, -0.15) is 0 Å². The van der Waals surface area contributed by atoms with Gasteiger partial charge in [-0.05, 0) is 30.2 Å². The van der Waals surface area contributed by atoms with Gasteiger partial charge in [0.05, 0.1) is 10.6 Å². The summed E-state index contributed by atoms with van der Waals surface area (Å²) >= 11 is 12.0. The summed E-state index contributed by atoms with van der Waals surface area (Å²) in [6.07, 6.45) is 0. The number of carbonyl (C=O) groups excluding carboxylic acids is 1. The minimum atomic E-state index is -0.230. The van der Waals surface area contributed by atoms with Crippen LogP contribution in [0, 0.1) is 6.92 Å². The Kier molecular flexibility index (Phi) is 4.46. The van der Waals surface area contributed by atoms with Gasteiger partial charge in [0.15, 0.2) is 0 Å². The molecule has 2 rings (SSSR count). The summed E-state index contributed by atoms with van der Waals surface area (Å²) in [5.41, 5.74) is 2.92. The first kappa shape index (κ1) is 13.9. The van der Waals surface area contributed by atoms with Crippen molar-refractivity contribution in [2.24, 2.45) is 0 Å². The Morgan fingerprint density at radius 3 is 2.63 bits per heavy atom. The quantitative estimate of drug-likeness (QED) is 0.821. The lowest BCUT2D eigenvalue weighted by molar-refractivity contribution is 0.102. The van der Waals surface area contributed by atoms with Crippen LogP contribution in [0.3, 0.4) is 0 Å². The monoisotopic (exact) mass is 293 g/mol. The first-order valence-corrected chi connectivity index (χ1v) is 6.75. The van der Waals surface area contributed by atoms with E-state index in [4.69, 9.17) is 23.2 Å². The van der Waals surface area contributed by atoms with Gasteiger partial charge in [-0.15, -0.1) is 11.6 Å². The molecule has 0 atom stereocenters. The van der Waals surface area contributed by atoms with Gasteiger partial charge in [0.25, 0.3) is 5.91 Å². The summed E-state index contributed by atoms with van der Waals surface area (Å²) in [5.74, 6) is 0.115. The number of rotatable bonds is 3. The van der Waals surface area contributed by atoms with Crippen LogP contribution in [0.2, 0.25) is 5.02 Å². The number of para-hydroxylation sites is 1. The van der Waals surface area contributed by atoms with Gasteiger partial charge < -0.3 is 5.32 Å². The van der Waals surface area contributed by atoms with Crippen LogP contribution in [-0.2, 0) is 5.88 Å². The molecule has 4 heteroatoms. The van der Waals surface area contributed by atoms with E-state index in [0.29, 0.717) is 22.2 Å². The average Bonchev–Trinajstić information content (AvgIpc) is 2.42. The fraction of sp³-hybridized carbons (Fsp3) is 0.133. The maximum atomic E-state index is 12.2. The highest BCUT2D eigenvalue weighted by atomic mass is 35.5. The molecule has 0 aliphatic heterocycles. The number of aryl methyl sites for hydroxylation is 1. The summed E-state index contributed by atoms with van der Waals surface area (Å²) in [6, 6.07) is 12.8. The third kappa shape index (κ3) is 3.09. The molecule has 2 aromatic rings. The van der Waals surface area contributed by atoms with E-state index >= 15 is 0 Å². The van der Waals surface area contributed by atoms with Crippen molar-refractivity contribution in [2.45, 2.75) is 12.8 Å².